The fourth-order valence-corrected chi connectivity index (χ4v) is 5.05. The van der Waals surface area contributed by atoms with Crippen molar-refractivity contribution >= 4 is 39.1 Å². The first-order valence-corrected chi connectivity index (χ1v) is 12.4. The molecule has 0 aliphatic carbocycles. The van der Waals surface area contributed by atoms with Crippen LogP contribution in [0.5, 0.6) is 5.75 Å². The highest BCUT2D eigenvalue weighted by Crippen LogP contribution is 2.27. The predicted octanol–water partition coefficient (Wildman–Crippen LogP) is 4.77. The Morgan fingerprint density at radius 1 is 0.970 bits per heavy atom. The number of nitrogens with one attached hydrogen (secondary N) is 2. The molecule has 0 aliphatic heterocycles. The Bertz CT molecular complexity index is 1200. The van der Waals surface area contributed by atoms with Crippen LogP contribution in [0.15, 0.2) is 77.7 Å². The Hall–Kier alpha value is -2.58. The molecule has 0 radical (unpaired) electrons. The molecule has 9 heteroatoms. The third-order valence-electron chi connectivity index (χ3n) is 5.04. The summed E-state index contributed by atoms with van der Waals surface area (Å²) >= 11 is 12.0. The molecule has 2 atom stereocenters. The van der Waals surface area contributed by atoms with Gasteiger partial charge < -0.3 is 10.1 Å². The lowest BCUT2D eigenvalue weighted by Crippen LogP contribution is -2.48. The van der Waals surface area contributed by atoms with Gasteiger partial charge in [0.2, 0.25) is 15.9 Å². The number of sulfonamides is 1. The molecule has 0 saturated carbocycles. The van der Waals surface area contributed by atoms with E-state index in [-0.39, 0.29) is 28.1 Å². The van der Waals surface area contributed by atoms with Crippen molar-refractivity contribution in [1.82, 2.24) is 10.0 Å². The van der Waals surface area contributed by atoms with E-state index in [4.69, 9.17) is 27.9 Å². The number of methoxy groups -OCH3 is 1. The number of benzene rings is 3. The molecule has 0 spiro atoms. The van der Waals surface area contributed by atoms with Crippen molar-refractivity contribution in [3.63, 3.8) is 0 Å². The molecule has 0 bridgehead atoms. The molecule has 2 unspecified atom stereocenters. The molecule has 3 rings (SSSR count). The summed E-state index contributed by atoms with van der Waals surface area (Å²) < 4.78 is 34.2. The maximum Gasteiger partial charge on any atom is 0.245 e. The molecule has 3 aromatic rings. The Morgan fingerprint density at radius 3 is 2.24 bits per heavy atom. The molecule has 3 aromatic carbocycles. The average molecular weight is 507 g/mol. The van der Waals surface area contributed by atoms with Crippen molar-refractivity contribution in [3.05, 3.63) is 94.0 Å². The van der Waals surface area contributed by atoms with Crippen molar-refractivity contribution in [3.8, 4) is 5.75 Å². The first-order chi connectivity index (χ1) is 15.7. The fourth-order valence-electron chi connectivity index (χ4n) is 3.30. The van der Waals surface area contributed by atoms with Crippen LogP contribution < -0.4 is 14.8 Å². The molecule has 0 fully saturated rings. The topological polar surface area (TPSA) is 84.5 Å². The van der Waals surface area contributed by atoms with Crippen LogP contribution in [0.1, 0.15) is 24.1 Å². The number of amides is 1. The minimum Gasteiger partial charge on any atom is -0.495 e. The average Bonchev–Trinajstić information content (AvgIpc) is 2.79. The monoisotopic (exact) mass is 506 g/mol. The number of hydrogen-bond acceptors (Lipinski definition) is 4. The van der Waals surface area contributed by atoms with Gasteiger partial charge in [0.05, 0.1) is 13.2 Å². The van der Waals surface area contributed by atoms with Crippen LogP contribution in [-0.2, 0) is 21.2 Å². The zero-order valence-corrected chi connectivity index (χ0v) is 20.4. The van der Waals surface area contributed by atoms with E-state index in [1.54, 1.807) is 24.3 Å². The van der Waals surface area contributed by atoms with E-state index in [0.29, 0.717) is 5.02 Å². The molecule has 0 heterocycles. The molecule has 174 valence electrons. The molecule has 33 heavy (non-hydrogen) atoms. The molecule has 1 amide bonds. The summed E-state index contributed by atoms with van der Waals surface area (Å²) in [7, 11) is -2.77. The smallest absolute Gasteiger partial charge is 0.245 e. The number of hydrogen-bond donors (Lipinski definition) is 2. The number of ether oxygens (including phenoxy) is 1. The largest absolute Gasteiger partial charge is 0.495 e. The minimum absolute atomic E-state index is 0.125. The first kappa shape index (κ1) is 25.1. The van der Waals surface area contributed by atoms with E-state index in [1.165, 1.54) is 25.3 Å². The number of rotatable bonds is 9. The lowest BCUT2D eigenvalue weighted by atomic mass is 10.0. The van der Waals surface area contributed by atoms with Gasteiger partial charge in [-0.1, -0.05) is 65.7 Å². The van der Waals surface area contributed by atoms with Gasteiger partial charge >= 0.3 is 0 Å². The standard InChI is InChI=1S/C24H24Cl2N2O4S/c1-16(18-8-10-19(25)11-9-18)27-24(29)21(14-17-6-4-3-5-7-17)28-33(30,31)23-15-20(26)12-13-22(23)32-2/h3-13,15-16,21,28H,14H2,1-2H3,(H,27,29). The molecule has 0 aromatic heterocycles. The minimum atomic E-state index is -4.13. The van der Waals surface area contributed by atoms with Gasteiger partial charge in [-0.25, -0.2) is 8.42 Å². The van der Waals surface area contributed by atoms with Crippen LogP contribution in [0, 0.1) is 0 Å². The highest BCUT2D eigenvalue weighted by atomic mass is 35.5. The molecular formula is C24H24Cl2N2O4S. The van der Waals surface area contributed by atoms with Crippen LogP contribution in [0.4, 0.5) is 0 Å². The molecular weight excluding hydrogens is 483 g/mol. The fraction of sp³-hybridized carbons (Fsp3) is 0.208. The maximum atomic E-state index is 13.2. The summed E-state index contributed by atoms with van der Waals surface area (Å²) in [5, 5.41) is 3.70. The quantitative estimate of drug-likeness (QED) is 0.437. The Balaban J connectivity index is 1.88. The highest BCUT2D eigenvalue weighted by Gasteiger charge is 2.29. The van der Waals surface area contributed by atoms with Gasteiger partial charge in [-0.15, -0.1) is 0 Å². The van der Waals surface area contributed by atoms with Gasteiger partial charge in [-0.3, -0.25) is 4.79 Å². The van der Waals surface area contributed by atoms with Crippen LogP contribution >= 0.6 is 23.2 Å². The Labute approximate surface area is 203 Å². The zero-order chi connectivity index (χ0) is 24.0. The van der Waals surface area contributed by atoms with Crippen LogP contribution in [-0.4, -0.2) is 27.5 Å². The third-order valence-corrected chi connectivity index (χ3v) is 7.02. The highest BCUT2D eigenvalue weighted by molar-refractivity contribution is 7.89. The second-order valence-electron chi connectivity index (χ2n) is 7.44. The lowest BCUT2D eigenvalue weighted by Gasteiger charge is -2.22. The third kappa shape index (κ3) is 6.71. The molecule has 2 N–H and O–H groups in total. The summed E-state index contributed by atoms with van der Waals surface area (Å²) in [6.45, 7) is 1.81. The summed E-state index contributed by atoms with van der Waals surface area (Å²) in [5.74, 6) is -0.342. The van der Waals surface area contributed by atoms with E-state index < -0.39 is 22.0 Å². The summed E-state index contributed by atoms with van der Waals surface area (Å²) in [6.07, 6.45) is 0.155. The summed E-state index contributed by atoms with van der Waals surface area (Å²) in [4.78, 5) is 13.1. The second-order valence-corrected chi connectivity index (χ2v) is 10.00. The van der Waals surface area contributed by atoms with Gasteiger partial charge in [0.15, 0.2) is 0 Å². The summed E-state index contributed by atoms with van der Waals surface area (Å²) in [6, 6.07) is 19.1. The van der Waals surface area contributed by atoms with E-state index in [9.17, 15) is 13.2 Å². The predicted molar refractivity (Wildman–Crippen MR) is 130 cm³/mol. The molecule has 0 saturated heterocycles. The molecule has 0 aliphatic rings. The zero-order valence-electron chi connectivity index (χ0n) is 18.1. The normalized spacial score (nSPS) is 13.2. The van der Waals surface area contributed by atoms with Crippen LogP contribution in [0.2, 0.25) is 10.0 Å². The summed E-state index contributed by atoms with van der Waals surface area (Å²) in [5.41, 5.74) is 1.64. The lowest BCUT2D eigenvalue weighted by molar-refractivity contribution is -0.123. The van der Waals surface area contributed by atoms with Crippen molar-refractivity contribution < 1.29 is 17.9 Å². The first-order valence-electron chi connectivity index (χ1n) is 10.1. The van der Waals surface area contributed by atoms with E-state index in [1.807, 2.05) is 37.3 Å². The van der Waals surface area contributed by atoms with Crippen LogP contribution in [0.3, 0.4) is 0 Å². The van der Waals surface area contributed by atoms with Gasteiger partial charge in [0.1, 0.15) is 16.7 Å². The molecule has 6 nitrogen and oxygen atoms in total. The Kier molecular flexibility index (Phi) is 8.37. The van der Waals surface area contributed by atoms with Gasteiger partial charge in [0, 0.05) is 10.0 Å². The van der Waals surface area contributed by atoms with Gasteiger partial charge in [-0.2, -0.15) is 4.72 Å². The van der Waals surface area contributed by atoms with Gasteiger partial charge in [-0.05, 0) is 54.8 Å². The SMILES string of the molecule is COc1ccc(Cl)cc1S(=O)(=O)NC(Cc1ccccc1)C(=O)NC(C)c1ccc(Cl)cc1. The second kappa shape index (κ2) is 11.0. The van der Waals surface area contributed by atoms with Crippen LogP contribution in [0.25, 0.3) is 0 Å². The van der Waals surface area contributed by atoms with E-state index in [0.717, 1.165) is 11.1 Å². The van der Waals surface area contributed by atoms with Crippen molar-refractivity contribution in [1.29, 1.82) is 0 Å². The number of halogens is 2. The Morgan fingerprint density at radius 2 is 1.61 bits per heavy atom. The van der Waals surface area contributed by atoms with E-state index >= 15 is 0 Å². The number of carbonyl (C=O) groups is 1. The maximum absolute atomic E-state index is 13.2. The number of carbonyl (C=O) groups excluding carboxylic acids is 1. The van der Waals surface area contributed by atoms with Gasteiger partial charge in [0.25, 0.3) is 0 Å². The van der Waals surface area contributed by atoms with Crippen molar-refractivity contribution in [2.45, 2.75) is 30.3 Å². The van der Waals surface area contributed by atoms with E-state index in [2.05, 4.69) is 10.0 Å². The van der Waals surface area contributed by atoms with Crippen molar-refractivity contribution in [2.75, 3.05) is 7.11 Å². The van der Waals surface area contributed by atoms with Crippen molar-refractivity contribution in [2.24, 2.45) is 0 Å².